The smallest absolute Gasteiger partial charge is 0.270 e. The normalized spacial score (nSPS) is 28.6. The Bertz CT molecular complexity index is 663. The van der Waals surface area contributed by atoms with Gasteiger partial charge in [0.1, 0.15) is 11.3 Å². The zero-order chi connectivity index (χ0) is 15.1. The lowest BCUT2D eigenvalue weighted by atomic mass is 9.94. The molecule has 2 fully saturated rings. The number of rotatable bonds is 2. The summed E-state index contributed by atoms with van der Waals surface area (Å²) in [6.07, 6.45) is 6.48. The van der Waals surface area contributed by atoms with Gasteiger partial charge in [-0.2, -0.15) is 0 Å². The van der Waals surface area contributed by atoms with Crippen molar-refractivity contribution in [3.8, 4) is 0 Å². The highest BCUT2D eigenvalue weighted by molar-refractivity contribution is 5.97. The van der Waals surface area contributed by atoms with Crippen LogP contribution in [0.2, 0.25) is 0 Å². The third-order valence-corrected chi connectivity index (χ3v) is 5.21. The number of hydrogen-bond donors (Lipinski definition) is 2. The molecule has 5 heteroatoms. The van der Waals surface area contributed by atoms with E-state index in [1.165, 1.54) is 0 Å². The highest BCUT2D eigenvalue weighted by atomic mass is 16.3. The fraction of sp³-hybridized carbons (Fsp3) is 0.529. The maximum atomic E-state index is 12.9. The second-order valence-corrected chi connectivity index (χ2v) is 6.49. The highest BCUT2D eigenvalue weighted by Gasteiger charge is 2.40. The van der Waals surface area contributed by atoms with Gasteiger partial charge >= 0.3 is 0 Å². The van der Waals surface area contributed by atoms with Gasteiger partial charge in [0.05, 0.1) is 6.10 Å². The van der Waals surface area contributed by atoms with Crippen LogP contribution in [-0.4, -0.2) is 44.6 Å². The number of aromatic nitrogens is 2. The van der Waals surface area contributed by atoms with Gasteiger partial charge in [0.15, 0.2) is 0 Å². The number of H-pyrrole nitrogens is 1. The van der Waals surface area contributed by atoms with Crippen molar-refractivity contribution in [3.63, 3.8) is 0 Å². The van der Waals surface area contributed by atoms with Gasteiger partial charge in [-0.3, -0.25) is 4.79 Å². The molecule has 1 amide bonds. The molecule has 0 aromatic carbocycles. The number of pyridine rings is 1. The lowest BCUT2D eigenvalue weighted by Gasteiger charge is -2.31. The summed E-state index contributed by atoms with van der Waals surface area (Å²) in [6.45, 7) is 0.787. The number of likely N-dealkylation sites (tertiary alicyclic amines) is 1. The Morgan fingerprint density at radius 3 is 3.00 bits per heavy atom. The summed E-state index contributed by atoms with van der Waals surface area (Å²) in [6, 6.07) is 5.89. The van der Waals surface area contributed by atoms with Crippen molar-refractivity contribution in [2.24, 2.45) is 5.92 Å². The summed E-state index contributed by atoms with van der Waals surface area (Å²) in [4.78, 5) is 22.2. The van der Waals surface area contributed by atoms with Crippen LogP contribution in [-0.2, 0) is 0 Å². The minimum absolute atomic E-state index is 0.0413. The average Bonchev–Trinajstić information content (AvgIpc) is 3.24. The molecule has 4 rings (SSSR count). The number of carbonyl (C=O) groups is 1. The molecule has 3 unspecified atom stereocenters. The third-order valence-electron chi connectivity index (χ3n) is 5.21. The maximum absolute atomic E-state index is 12.9. The first-order valence-electron chi connectivity index (χ1n) is 8.17. The first-order chi connectivity index (χ1) is 10.7. The molecule has 5 nitrogen and oxygen atoms in total. The molecule has 1 saturated carbocycles. The van der Waals surface area contributed by atoms with Crippen molar-refractivity contribution in [1.29, 1.82) is 0 Å². The van der Waals surface area contributed by atoms with E-state index in [0.29, 0.717) is 5.69 Å². The first-order valence-corrected chi connectivity index (χ1v) is 8.17. The molecule has 22 heavy (non-hydrogen) atoms. The molecular weight excluding hydrogens is 278 g/mol. The molecule has 3 heterocycles. The third kappa shape index (κ3) is 2.20. The van der Waals surface area contributed by atoms with E-state index in [4.69, 9.17) is 0 Å². The Morgan fingerprint density at radius 1 is 1.32 bits per heavy atom. The molecule has 2 aromatic heterocycles. The topological polar surface area (TPSA) is 69.2 Å². The zero-order valence-corrected chi connectivity index (χ0v) is 12.5. The molecule has 2 aromatic rings. The Kier molecular flexibility index (Phi) is 3.37. The van der Waals surface area contributed by atoms with Crippen LogP contribution in [0.4, 0.5) is 0 Å². The number of carbonyl (C=O) groups excluding carboxylic acids is 1. The number of nitrogens with zero attached hydrogens (tertiary/aromatic N) is 2. The molecule has 0 bridgehead atoms. The number of fused-ring (bicyclic) bond motifs is 1. The predicted octanol–water partition coefficient (Wildman–Crippen LogP) is 2.33. The SMILES string of the molecule is O=C(c1cc2cccnc2[nH]1)N1CCCC1C1CCCC1O. The van der Waals surface area contributed by atoms with E-state index in [-0.39, 0.29) is 24.0 Å². The predicted molar refractivity (Wildman–Crippen MR) is 83.5 cm³/mol. The van der Waals surface area contributed by atoms with E-state index < -0.39 is 0 Å². The lowest BCUT2D eigenvalue weighted by molar-refractivity contribution is 0.0524. The summed E-state index contributed by atoms with van der Waals surface area (Å²) in [5, 5.41) is 11.1. The van der Waals surface area contributed by atoms with Crippen molar-refractivity contribution < 1.29 is 9.90 Å². The molecule has 2 aliphatic rings. The summed E-state index contributed by atoms with van der Waals surface area (Å²) in [5.74, 6) is 0.286. The fourth-order valence-electron chi connectivity index (χ4n) is 4.14. The largest absolute Gasteiger partial charge is 0.393 e. The van der Waals surface area contributed by atoms with E-state index >= 15 is 0 Å². The Hall–Kier alpha value is -1.88. The monoisotopic (exact) mass is 299 g/mol. The van der Waals surface area contributed by atoms with Crippen LogP contribution in [0.15, 0.2) is 24.4 Å². The van der Waals surface area contributed by atoms with Crippen LogP contribution in [0.25, 0.3) is 11.0 Å². The van der Waals surface area contributed by atoms with Gasteiger partial charge in [-0.05, 0) is 43.9 Å². The van der Waals surface area contributed by atoms with Crippen molar-refractivity contribution >= 4 is 16.9 Å². The van der Waals surface area contributed by atoms with Crippen LogP contribution in [0, 0.1) is 5.92 Å². The number of amides is 1. The van der Waals surface area contributed by atoms with E-state index in [1.807, 2.05) is 23.1 Å². The van der Waals surface area contributed by atoms with E-state index in [1.54, 1.807) is 6.20 Å². The quantitative estimate of drug-likeness (QED) is 0.894. The summed E-state index contributed by atoms with van der Waals surface area (Å²) >= 11 is 0. The Labute approximate surface area is 129 Å². The second kappa shape index (κ2) is 5.39. The maximum Gasteiger partial charge on any atom is 0.270 e. The number of nitrogens with one attached hydrogen (secondary N) is 1. The van der Waals surface area contributed by atoms with Crippen molar-refractivity contribution in [1.82, 2.24) is 14.9 Å². The molecule has 116 valence electrons. The van der Waals surface area contributed by atoms with Gasteiger partial charge in [-0.1, -0.05) is 6.42 Å². The molecule has 1 aliphatic heterocycles. The van der Waals surface area contributed by atoms with Gasteiger partial charge in [0.25, 0.3) is 5.91 Å². The minimum Gasteiger partial charge on any atom is -0.393 e. The van der Waals surface area contributed by atoms with E-state index in [2.05, 4.69) is 9.97 Å². The molecule has 1 aliphatic carbocycles. The lowest BCUT2D eigenvalue weighted by Crippen LogP contribution is -2.42. The van der Waals surface area contributed by atoms with Crippen LogP contribution < -0.4 is 0 Å². The van der Waals surface area contributed by atoms with Crippen molar-refractivity contribution in [2.75, 3.05) is 6.54 Å². The van der Waals surface area contributed by atoms with Crippen LogP contribution in [0.3, 0.4) is 0 Å². The molecule has 1 saturated heterocycles. The van der Waals surface area contributed by atoms with Gasteiger partial charge in [-0.25, -0.2) is 4.98 Å². The standard InChI is InChI=1S/C17H21N3O2/c21-15-7-1-5-12(15)14-6-3-9-20(14)17(22)13-10-11-4-2-8-18-16(11)19-13/h2,4,8,10,12,14-15,21H,1,3,5-7,9H2,(H,18,19). The molecule has 3 atom stereocenters. The molecule has 0 spiro atoms. The van der Waals surface area contributed by atoms with Crippen LogP contribution in [0.5, 0.6) is 0 Å². The second-order valence-electron chi connectivity index (χ2n) is 6.49. The Morgan fingerprint density at radius 2 is 2.23 bits per heavy atom. The van der Waals surface area contributed by atoms with E-state index in [9.17, 15) is 9.90 Å². The molecule has 0 radical (unpaired) electrons. The fourth-order valence-corrected chi connectivity index (χ4v) is 4.14. The van der Waals surface area contributed by atoms with Crippen molar-refractivity contribution in [2.45, 2.75) is 44.2 Å². The summed E-state index contributed by atoms with van der Waals surface area (Å²) in [5.41, 5.74) is 1.36. The zero-order valence-electron chi connectivity index (χ0n) is 12.5. The molecular formula is C17H21N3O2. The summed E-state index contributed by atoms with van der Waals surface area (Å²) in [7, 11) is 0. The van der Waals surface area contributed by atoms with Crippen LogP contribution >= 0.6 is 0 Å². The minimum atomic E-state index is -0.247. The first kappa shape index (κ1) is 13.8. The van der Waals surface area contributed by atoms with Gasteiger partial charge in [0.2, 0.25) is 0 Å². The number of aliphatic hydroxyl groups excluding tert-OH is 1. The average molecular weight is 299 g/mol. The number of hydrogen-bond acceptors (Lipinski definition) is 3. The number of aromatic amines is 1. The number of aliphatic hydroxyl groups is 1. The Balaban J connectivity index is 1.60. The summed E-state index contributed by atoms with van der Waals surface area (Å²) < 4.78 is 0. The van der Waals surface area contributed by atoms with Gasteiger partial charge in [-0.15, -0.1) is 0 Å². The highest BCUT2D eigenvalue weighted by Crippen LogP contribution is 2.36. The van der Waals surface area contributed by atoms with E-state index in [0.717, 1.165) is 49.7 Å². The van der Waals surface area contributed by atoms with Gasteiger partial charge < -0.3 is 15.0 Å². The van der Waals surface area contributed by atoms with Crippen LogP contribution in [0.1, 0.15) is 42.6 Å². The van der Waals surface area contributed by atoms with Gasteiger partial charge in [0, 0.05) is 30.1 Å². The molecule has 2 N–H and O–H groups in total. The van der Waals surface area contributed by atoms with Crippen molar-refractivity contribution in [3.05, 3.63) is 30.1 Å².